The minimum absolute atomic E-state index is 0. The Labute approximate surface area is 121 Å². The van der Waals surface area contributed by atoms with Gasteiger partial charge in [-0.15, -0.1) is 17.0 Å². The van der Waals surface area contributed by atoms with Crippen LogP contribution in [0.2, 0.25) is 9.36 Å². The Balaban J connectivity index is 0.00000144. The molecule has 3 heteroatoms. The van der Waals surface area contributed by atoms with Crippen LogP contribution in [0.4, 0.5) is 0 Å². The summed E-state index contributed by atoms with van der Waals surface area (Å²) in [6.07, 6.45) is 8.28. The molecule has 0 fully saturated rings. The summed E-state index contributed by atoms with van der Waals surface area (Å²) in [5.41, 5.74) is 1.56. The zero-order valence-corrected chi connectivity index (χ0v) is 17.4. The van der Waals surface area contributed by atoms with Gasteiger partial charge in [0.25, 0.3) is 0 Å². The molecular weight excluding hydrogens is 455 g/mol. The predicted molar refractivity (Wildman–Crippen MR) is 82.6 cm³/mol. The van der Waals surface area contributed by atoms with E-state index in [1.165, 1.54) is 12.5 Å². The molecule has 2 rings (SSSR count). The molecule has 92 valence electrons. The van der Waals surface area contributed by atoms with E-state index >= 15 is 0 Å². The molecule has 0 aromatic heterocycles. The van der Waals surface area contributed by atoms with Crippen molar-refractivity contribution in [3.05, 3.63) is 57.5 Å². The van der Waals surface area contributed by atoms with Gasteiger partial charge in [0.05, 0.1) is 0 Å². The van der Waals surface area contributed by atoms with Crippen LogP contribution < -0.4 is 0 Å². The minimum atomic E-state index is -1.91. The van der Waals surface area contributed by atoms with E-state index in [0.29, 0.717) is 0 Å². The molecule has 0 radical (unpaired) electrons. The molecule has 0 saturated carbocycles. The van der Waals surface area contributed by atoms with Crippen molar-refractivity contribution in [2.75, 3.05) is 0 Å². The number of hydrogen-bond donors (Lipinski definition) is 0. The standard InChI is InChI=1S/C7H9Si.C5H5.2CH3.BrH.Hf/c8-6-7-4-2-1-3-5-7;1-2-4-5-3-1;;;;/h1-5H,6,8H2;1-3H,4H2;2*1H3;1H;. The molecule has 0 bridgehead atoms. The van der Waals surface area contributed by atoms with Crippen molar-refractivity contribution in [2.24, 2.45) is 0 Å². The van der Waals surface area contributed by atoms with Crippen LogP contribution in [0.5, 0.6) is 0 Å². The Morgan fingerprint density at radius 2 is 1.88 bits per heavy atom. The molecule has 17 heavy (non-hydrogen) atoms. The average molecular weight is 476 g/mol. The fourth-order valence-corrected chi connectivity index (χ4v) is 23.6. The monoisotopic (exact) mass is 476 g/mol. The van der Waals surface area contributed by atoms with Gasteiger partial charge in [-0.25, -0.2) is 0 Å². The van der Waals surface area contributed by atoms with Crippen LogP contribution in [0.3, 0.4) is 0 Å². The fourth-order valence-electron chi connectivity index (χ4n) is 2.21. The van der Waals surface area contributed by atoms with Crippen LogP contribution in [0.1, 0.15) is 12.0 Å². The van der Waals surface area contributed by atoms with Crippen molar-refractivity contribution < 1.29 is 19.1 Å². The zero-order valence-electron chi connectivity index (χ0n) is 10.6. The molecule has 1 aromatic rings. The molecule has 0 nitrogen and oxygen atoms in total. The first-order chi connectivity index (χ1) is 7.68. The maximum atomic E-state index is 2.64. The first-order valence-corrected chi connectivity index (χ1v) is 24.4. The molecular formula is C14H21BrHfSi. The Hall–Kier alpha value is 0.267. The van der Waals surface area contributed by atoms with Crippen molar-refractivity contribution >= 4 is 23.7 Å². The van der Waals surface area contributed by atoms with Gasteiger partial charge in [-0.3, -0.25) is 0 Å². The van der Waals surface area contributed by atoms with Gasteiger partial charge in [-0.1, -0.05) is 0 Å². The second-order valence-electron chi connectivity index (χ2n) is 5.19. The molecule has 0 aliphatic heterocycles. The summed E-state index contributed by atoms with van der Waals surface area (Å²) in [7, 11) is 0. The van der Waals surface area contributed by atoms with E-state index < -0.39 is 19.1 Å². The van der Waals surface area contributed by atoms with Crippen molar-refractivity contribution in [1.29, 1.82) is 0 Å². The van der Waals surface area contributed by atoms with Crippen molar-refractivity contribution in [2.45, 2.75) is 21.8 Å². The van der Waals surface area contributed by atoms with Gasteiger partial charge in [0.1, 0.15) is 0 Å². The van der Waals surface area contributed by atoms with Gasteiger partial charge in [-0.05, 0) is 0 Å². The van der Waals surface area contributed by atoms with Crippen LogP contribution >= 0.6 is 17.0 Å². The second kappa shape index (κ2) is 7.00. The first kappa shape index (κ1) is 15.3. The summed E-state index contributed by atoms with van der Waals surface area (Å²) in [5, 5.41) is 0. The van der Waals surface area contributed by atoms with Gasteiger partial charge in [-0.2, -0.15) is 0 Å². The van der Waals surface area contributed by atoms with E-state index in [-0.39, 0.29) is 23.7 Å². The molecule has 1 aromatic carbocycles. The van der Waals surface area contributed by atoms with Crippen molar-refractivity contribution in [1.82, 2.24) is 0 Å². The molecule has 0 saturated heterocycles. The molecule has 0 unspecified atom stereocenters. The van der Waals surface area contributed by atoms with Crippen molar-refractivity contribution in [3.8, 4) is 0 Å². The first-order valence-electron chi connectivity index (χ1n) is 6.08. The van der Waals surface area contributed by atoms with E-state index in [1.807, 2.05) is 3.33 Å². The molecule has 0 heterocycles. The van der Waals surface area contributed by atoms with Gasteiger partial charge in [0.15, 0.2) is 0 Å². The zero-order chi connectivity index (χ0) is 11.4. The maximum absolute atomic E-state index is 2.64. The number of hydrogen-bond acceptors (Lipinski definition) is 0. The normalized spacial score (nSPS) is 15.1. The van der Waals surface area contributed by atoms with Gasteiger partial charge in [0, 0.05) is 0 Å². The summed E-state index contributed by atoms with van der Waals surface area (Å²) in [5.74, 6) is 0. The van der Waals surface area contributed by atoms with Crippen molar-refractivity contribution in [3.63, 3.8) is 0 Å². The third-order valence-electron chi connectivity index (χ3n) is 3.52. The number of rotatable bonds is 4. The van der Waals surface area contributed by atoms with E-state index in [1.54, 1.807) is 5.56 Å². The summed E-state index contributed by atoms with van der Waals surface area (Å²) in [4.78, 5) is 0. The Morgan fingerprint density at radius 1 is 1.18 bits per heavy atom. The molecule has 0 N–H and O–H groups in total. The van der Waals surface area contributed by atoms with Gasteiger partial charge < -0.3 is 0 Å². The third-order valence-corrected chi connectivity index (χ3v) is 33.1. The Kier molecular flexibility index (Phi) is 6.31. The third kappa shape index (κ3) is 4.45. The molecule has 1 aliphatic rings. The fraction of sp³-hybridized carbons (Fsp3) is 0.286. The average Bonchev–Trinajstić information content (AvgIpc) is 2.82. The van der Waals surface area contributed by atoms with Gasteiger partial charge in [0.2, 0.25) is 0 Å². The van der Waals surface area contributed by atoms with Crippen LogP contribution in [0, 0.1) is 0 Å². The van der Waals surface area contributed by atoms with E-state index in [4.69, 9.17) is 0 Å². The molecule has 0 atom stereocenters. The van der Waals surface area contributed by atoms with Crippen LogP contribution in [-0.4, -0.2) is 6.71 Å². The second-order valence-corrected chi connectivity index (χ2v) is 41.9. The predicted octanol–water partition coefficient (Wildman–Crippen LogP) is 3.94. The SMILES string of the molecule is Br.[CH3][Hf]([CH3])([SiH2]Cc1ccccc1)[C]1=CC=CC1. The summed E-state index contributed by atoms with van der Waals surface area (Å²) in [6.45, 7) is 0.125. The number of allylic oxidation sites excluding steroid dienone is 4. The summed E-state index contributed by atoms with van der Waals surface area (Å²) >= 11 is -1.91. The van der Waals surface area contributed by atoms with Crippen LogP contribution in [0.25, 0.3) is 0 Å². The van der Waals surface area contributed by atoms with E-state index in [2.05, 4.69) is 57.9 Å². The van der Waals surface area contributed by atoms with Crippen LogP contribution in [-0.2, 0) is 25.2 Å². The Morgan fingerprint density at radius 3 is 2.47 bits per heavy atom. The topological polar surface area (TPSA) is 0 Å². The number of benzene rings is 1. The van der Waals surface area contributed by atoms with E-state index in [9.17, 15) is 0 Å². The number of halogens is 1. The molecule has 1 aliphatic carbocycles. The molecule has 0 spiro atoms. The van der Waals surface area contributed by atoms with E-state index in [0.717, 1.165) is 0 Å². The molecule has 0 amide bonds. The Bertz CT molecular complexity index is 409. The van der Waals surface area contributed by atoms with Gasteiger partial charge >= 0.3 is 105 Å². The summed E-state index contributed by atoms with van der Waals surface area (Å²) < 4.78 is 7.14. The quantitative estimate of drug-likeness (QED) is 0.579. The van der Waals surface area contributed by atoms with Crippen LogP contribution in [0.15, 0.2) is 51.9 Å². The summed E-state index contributed by atoms with van der Waals surface area (Å²) in [6, 6.07) is 12.4.